The second-order valence-corrected chi connectivity index (χ2v) is 5.12. The number of para-hydroxylation sites is 2. The average molecular weight is 351 g/mol. The number of esters is 1. The van der Waals surface area contributed by atoms with E-state index in [1.807, 2.05) is 30.3 Å². The van der Waals surface area contributed by atoms with Crippen LogP contribution in [0.15, 0.2) is 47.1 Å². The number of nitrogens with one attached hydrogen (secondary N) is 1. The summed E-state index contributed by atoms with van der Waals surface area (Å²) < 4.78 is 11.0. The molecule has 1 aromatic carbocycles. The fourth-order valence-electron chi connectivity index (χ4n) is 1.85. The molecule has 2 rings (SSSR count). The summed E-state index contributed by atoms with van der Waals surface area (Å²) in [4.78, 5) is 16.3. The highest BCUT2D eigenvalue weighted by molar-refractivity contribution is 9.10. The van der Waals surface area contributed by atoms with Crippen molar-refractivity contribution in [2.24, 2.45) is 0 Å². The van der Waals surface area contributed by atoms with Gasteiger partial charge >= 0.3 is 5.97 Å². The number of benzene rings is 1. The minimum Gasteiger partial charge on any atom is -0.495 e. The van der Waals surface area contributed by atoms with Crippen molar-refractivity contribution in [3.63, 3.8) is 0 Å². The van der Waals surface area contributed by atoms with Gasteiger partial charge in [-0.3, -0.25) is 4.98 Å². The zero-order valence-electron chi connectivity index (χ0n) is 11.7. The number of hydrogen-bond acceptors (Lipinski definition) is 5. The van der Waals surface area contributed by atoms with E-state index < -0.39 is 12.0 Å². The van der Waals surface area contributed by atoms with Gasteiger partial charge in [-0.15, -0.1) is 0 Å². The zero-order chi connectivity index (χ0) is 15.2. The van der Waals surface area contributed by atoms with E-state index in [1.54, 1.807) is 19.4 Å². The van der Waals surface area contributed by atoms with Crippen LogP contribution in [0.2, 0.25) is 0 Å². The molecule has 0 saturated heterocycles. The highest BCUT2D eigenvalue weighted by atomic mass is 79.9. The normalized spacial score (nSPS) is 11.6. The van der Waals surface area contributed by atoms with Crippen molar-refractivity contribution in [3.8, 4) is 5.75 Å². The monoisotopic (exact) mass is 350 g/mol. The molecule has 0 aliphatic rings. The minimum atomic E-state index is -0.709. The Labute approximate surface area is 131 Å². The lowest BCUT2D eigenvalue weighted by Gasteiger charge is -2.18. The van der Waals surface area contributed by atoms with Crippen LogP contribution in [0.5, 0.6) is 5.75 Å². The van der Waals surface area contributed by atoms with Gasteiger partial charge in [0.25, 0.3) is 0 Å². The predicted octanol–water partition coefficient (Wildman–Crippen LogP) is 3.18. The highest BCUT2D eigenvalue weighted by Gasteiger charge is 2.23. The number of carbonyl (C=O) groups excluding carboxylic acids is 1. The van der Waals surface area contributed by atoms with E-state index in [0.29, 0.717) is 17.1 Å². The van der Waals surface area contributed by atoms with Crippen molar-refractivity contribution >= 4 is 27.6 Å². The van der Waals surface area contributed by atoms with Gasteiger partial charge in [-0.25, -0.2) is 4.79 Å². The molecule has 0 bridgehead atoms. The number of halogens is 1. The van der Waals surface area contributed by atoms with Crippen LogP contribution in [-0.4, -0.2) is 25.2 Å². The lowest BCUT2D eigenvalue weighted by molar-refractivity contribution is -0.141. The number of anilines is 1. The molecular formula is C15H15BrN2O3. The van der Waals surface area contributed by atoms with Crippen molar-refractivity contribution in [2.75, 3.05) is 19.5 Å². The summed E-state index contributed by atoms with van der Waals surface area (Å²) >= 11 is 3.32. The quantitative estimate of drug-likeness (QED) is 0.839. The van der Waals surface area contributed by atoms with Gasteiger partial charge in [0.2, 0.25) is 0 Å². The topological polar surface area (TPSA) is 60.5 Å². The molecule has 5 nitrogen and oxygen atoms in total. The Kier molecular flexibility index (Phi) is 5.16. The second-order valence-electron chi connectivity index (χ2n) is 4.20. The molecule has 0 fully saturated rings. The maximum absolute atomic E-state index is 12.0. The lowest BCUT2D eigenvalue weighted by Crippen LogP contribution is -2.23. The molecule has 1 atom stereocenters. The summed E-state index contributed by atoms with van der Waals surface area (Å²) in [5, 5.41) is 3.11. The van der Waals surface area contributed by atoms with Gasteiger partial charge < -0.3 is 14.8 Å². The Balaban J connectivity index is 2.33. The standard InChI is InChI=1S/C15H15BrN2O3/c1-20-13-6-4-3-5-11(13)18-14(15(19)21-2)12-8-7-10(16)9-17-12/h3-9,14,18H,1-2H3. The van der Waals surface area contributed by atoms with E-state index in [9.17, 15) is 4.79 Å². The van der Waals surface area contributed by atoms with Crippen LogP contribution < -0.4 is 10.1 Å². The van der Waals surface area contributed by atoms with Crippen LogP contribution in [0.4, 0.5) is 5.69 Å². The molecule has 0 saturated carbocycles. The number of hydrogen-bond donors (Lipinski definition) is 1. The fraction of sp³-hybridized carbons (Fsp3) is 0.200. The van der Waals surface area contributed by atoms with Crippen molar-refractivity contribution in [1.29, 1.82) is 0 Å². The molecule has 1 aromatic heterocycles. The molecular weight excluding hydrogens is 336 g/mol. The Hall–Kier alpha value is -2.08. The largest absolute Gasteiger partial charge is 0.495 e. The Morgan fingerprint density at radius 2 is 2.00 bits per heavy atom. The molecule has 0 spiro atoms. The number of methoxy groups -OCH3 is 2. The van der Waals surface area contributed by atoms with E-state index in [2.05, 4.69) is 26.2 Å². The van der Waals surface area contributed by atoms with Gasteiger partial charge in [0.05, 0.1) is 25.6 Å². The number of rotatable bonds is 5. The van der Waals surface area contributed by atoms with Crippen molar-refractivity contribution in [2.45, 2.75) is 6.04 Å². The summed E-state index contributed by atoms with van der Waals surface area (Å²) in [5.41, 5.74) is 1.26. The first-order valence-electron chi connectivity index (χ1n) is 6.24. The molecule has 0 amide bonds. The second kappa shape index (κ2) is 7.08. The smallest absolute Gasteiger partial charge is 0.334 e. The number of aromatic nitrogens is 1. The molecule has 6 heteroatoms. The zero-order valence-corrected chi connectivity index (χ0v) is 13.3. The molecule has 0 radical (unpaired) electrons. The predicted molar refractivity (Wildman–Crippen MR) is 83.3 cm³/mol. The Morgan fingerprint density at radius 1 is 1.24 bits per heavy atom. The number of ether oxygens (including phenoxy) is 2. The summed E-state index contributed by atoms with van der Waals surface area (Å²) in [6.07, 6.45) is 1.63. The van der Waals surface area contributed by atoms with Crippen molar-refractivity contribution in [1.82, 2.24) is 4.98 Å². The van der Waals surface area contributed by atoms with E-state index in [0.717, 1.165) is 4.47 Å². The lowest BCUT2D eigenvalue weighted by atomic mass is 10.1. The first-order valence-corrected chi connectivity index (χ1v) is 7.04. The summed E-state index contributed by atoms with van der Waals surface area (Å²) in [6, 6.07) is 10.2. The minimum absolute atomic E-state index is 0.421. The number of nitrogens with zero attached hydrogens (tertiary/aromatic N) is 1. The third-order valence-corrected chi connectivity index (χ3v) is 3.36. The first-order chi connectivity index (χ1) is 10.2. The van der Waals surface area contributed by atoms with Crippen LogP contribution in [0.3, 0.4) is 0 Å². The van der Waals surface area contributed by atoms with Gasteiger partial charge in [0.15, 0.2) is 6.04 Å². The maximum Gasteiger partial charge on any atom is 0.334 e. The molecule has 110 valence electrons. The first kappa shape index (κ1) is 15.3. The SMILES string of the molecule is COC(=O)C(Nc1ccccc1OC)c1ccc(Br)cn1. The van der Waals surface area contributed by atoms with E-state index in [-0.39, 0.29) is 0 Å². The highest BCUT2D eigenvalue weighted by Crippen LogP contribution is 2.28. The molecule has 1 N–H and O–H groups in total. The molecule has 1 heterocycles. The molecule has 0 aliphatic heterocycles. The Bertz CT molecular complexity index is 617. The third kappa shape index (κ3) is 3.72. The molecule has 1 unspecified atom stereocenters. The van der Waals surface area contributed by atoms with Gasteiger partial charge in [0.1, 0.15) is 5.75 Å². The maximum atomic E-state index is 12.0. The van der Waals surface area contributed by atoms with E-state index in [4.69, 9.17) is 9.47 Å². The third-order valence-electron chi connectivity index (χ3n) is 2.89. The van der Waals surface area contributed by atoms with Crippen LogP contribution in [-0.2, 0) is 9.53 Å². The van der Waals surface area contributed by atoms with E-state index >= 15 is 0 Å². The number of pyridine rings is 1. The van der Waals surface area contributed by atoms with Gasteiger partial charge in [-0.2, -0.15) is 0 Å². The summed E-state index contributed by atoms with van der Waals surface area (Å²) in [7, 11) is 2.92. The Morgan fingerprint density at radius 3 is 2.62 bits per heavy atom. The van der Waals surface area contributed by atoms with Crippen LogP contribution >= 0.6 is 15.9 Å². The van der Waals surface area contributed by atoms with Gasteiger partial charge in [0, 0.05) is 10.7 Å². The molecule has 0 aliphatic carbocycles. The van der Waals surface area contributed by atoms with Crippen LogP contribution in [0, 0.1) is 0 Å². The average Bonchev–Trinajstić information content (AvgIpc) is 2.53. The molecule has 21 heavy (non-hydrogen) atoms. The van der Waals surface area contributed by atoms with E-state index in [1.165, 1.54) is 7.11 Å². The summed E-state index contributed by atoms with van der Waals surface area (Å²) in [6.45, 7) is 0. The van der Waals surface area contributed by atoms with Crippen LogP contribution in [0.25, 0.3) is 0 Å². The van der Waals surface area contributed by atoms with Gasteiger partial charge in [-0.05, 0) is 40.2 Å². The van der Waals surface area contributed by atoms with Gasteiger partial charge in [-0.1, -0.05) is 12.1 Å². The van der Waals surface area contributed by atoms with Crippen molar-refractivity contribution < 1.29 is 14.3 Å². The number of carbonyl (C=O) groups is 1. The fourth-order valence-corrected chi connectivity index (χ4v) is 2.08. The summed E-state index contributed by atoms with van der Waals surface area (Å²) in [5.74, 6) is 0.222. The van der Waals surface area contributed by atoms with Crippen molar-refractivity contribution in [3.05, 3.63) is 52.8 Å². The molecule has 2 aromatic rings. The van der Waals surface area contributed by atoms with Crippen LogP contribution in [0.1, 0.15) is 11.7 Å².